The minimum absolute atomic E-state index is 0.667. The zero-order valence-electron chi connectivity index (χ0n) is 10.1. The Balaban J connectivity index is 2.09. The number of anilines is 1. The van der Waals surface area contributed by atoms with Crippen molar-refractivity contribution < 1.29 is 4.79 Å². The molecule has 1 saturated heterocycles. The predicted molar refractivity (Wildman–Crippen MR) is 70.4 cm³/mol. The Hall–Kier alpha value is -2.10. The van der Waals surface area contributed by atoms with Crippen LogP contribution in [0.2, 0.25) is 0 Å². The highest BCUT2D eigenvalue weighted by Crippen LogP contribution is 2.26. The first-order chi connectivity index (χ1) is 8.90. The van der Waals surface area contributed by atoms with Gasteiger partial charge in [-0.25, -0.2) is 4.68 Å². The van der Waals surface area contributed by atoms with Gasteiger partial charge in [-0.1, -0.05) is 18.2 Å². The third-order valence-corrected chi connectivity index (χ3v) is 3.30. The summed E-state index contributed by atoms with van der Waals surface area (Å²) in [6.07, 6.45) is 4.89. The fourth-order valence-electron chi connectivity index (χ4n) is 2.44. The molecule has 1 aromatic heterocycles. The molecule has 4 nitrogen and oxygen atoms in total. The monoisotopic (exact) mass is 241 g/mol. The highest BCUT2D eigenvalue weighted by atomic mass is 16.1. The molecule has 0 N–H and O–H groups in total. The van der Waals surface area contributed by atoms with Gasteiger partial charge >= 0.3 is 0 Å². The van der Waals surface area contributed by atoms with Crippen molar-refractivity contribution in [3.8, 4) is 5.69 Å². The zero-order valence-corrected chi connectivity index (χ0v) is 10.1. The Labute approximate surface area is 106 Å². The first kappa shape index (κ1) is 11.0. The summed E-state index contributed by atoms with van der Waals surface area (Å²) in [5.41, 5.74) is 1.66. The van der Waals surface area contributed by atoms with Crippen molar-refractivity contribution in [3.05, 3.63) is 42.1 Å². The Bertz CT molecular complexity index is 541. The molecule has 0 spiro atoms. The first-order valence-electron chi connectivity index (χ1n) is 6.24. The van der Waals surface area contributed by atoms with Crippen molar-refractivity contribution in [2.24, 2.45) is 0 Å². The van der Waals surface area contributed by atoms with E-state index in [9.17, 15) is 4.79 Å². The third-order valence-electron chi connectivity index (χ3n) is 3.30. The Morgan fingerprint density at radius 1 is 1.11 bits per heavy atom. The molecule has 0 aliphatic carbocycles. The van der Waals surface area contributed by atoms with E-state index in [1.165, 1.54) is 12.8 Å². The lowest BCUT2D eigenvalue weighted by molar-refractivity contribution is 0.112. The van der Waals surface area contributed by atoms with E-state index in [4.69, 9.17) is 0 Å². The molecule has 3 rings (SSSR count). The normalized spacial score (nSPS) is 15.0. The van der Waals surface area contributed by atoms with E-state index in [2.05, 4.69) is 10.00 Å². The second kappa shape index (κ2) is 4.64. The van der Waals surface area contributed by atoms with Gasteiger partial charge in [-0.05, 0) is 25.0 Å². The SMILES string of the molecule is O=Cc1cnn(-c2ccccc2)c1N1CCCC1. The smallest absolute Gasteiger partial charge is 0.155 e. The first-order valence-corrected chi connectivity index (χ1v) is 6.24. The number of rotatable bonds is 3. The molecular weight excluding hydrogens is 226 g/mol. The minimum atomic E-state index is 0.667. The van der Waals surface area contributed by atoms with Gasteiger partial charge in [0, 0.05) is 13.1 Å². The molecule has 0 atom stereocenters. The van der Waals surface area contributed by atoms with Gasteiger partial charge in [-0.15, -0.1) is 0 Å². The van der Waals surface area contributed by atoms with E-state index in [1.54, 1.807) is 6.20 Å². The summed E-state index contributed by atoms with van der Waals surface area (Å²) in [5, 5.41) is 4.35. The van der Waals surface area contributed by atoms with Gasteiger partial charge in [0.1, 0.15) is 5.82 Å². The molecule has 2 aromatic rings. The summed E-state index contributed by atoms with van der Waals surface area (Å²) in [7, 11) is 0. The zero-order chi connectivity index (χ0) is 12.4. The largest absolute Gasteiger partial charge is 0.356 e. The van der Waals surface area contributed by atoms with Crippen LogP contribution in [0.4, 0.5) is 5.82 Å². The molecule has 92 valence electrons. The fraction of sp³-hybridized carbons (Fsp3) is 0.286. The molecule has 1 aliphatic rings. The van der Waals surface area contributed by atoms with E-state index in [1.807, 2.05) is 35.0 Å². The highest BCUT2D eigenvalue weighted by Gasteiger charge is 2.21. The van der Waals surface area contributed by atoms with E-state index >= 15 is 0 Å². The second-order valence-corrected chi connectivity index (χ2v) is 4.48. The summed E-state index contributed by atoms with van der Waals surface area (Å²) >= 11 is 0. The number of carbonyl (C=O) groups is 1. The highest BCUT2D eigenvalue weighted by molar-refractivity contribution is 5.83. The van der Waals surface area contributed by atoms with Gasteiger partial charge in [-0.3, -0.25) is 4.79 Å². The Kier molecular flexibility index (Phi) is 2.84. The van der Waals surface area contributed by atoms with Crippen LogP contribution in [-0.4, -0.2) is 29.2 Å². The number of para-hydroxylation sites is 1. The Morgan fingerprint density at radius 2 is 1.83 bits per heavy atom. The van der Waals surface area contributed by atoms with Crippen LogP contribution in [0, 0.1) is 0 Å². The molecule has 4 heteroatoms. The van der Waals surface area contributed by atoms with Crippen LogP contribution >= 0.6 is 0 Å². The molecular formula is C14H15N3O. The van der Waals surface area contributed by atoms with Crippen LogP contribution in [-0.2, 0) is 0 Å². The second-order valence-electron chi connectivity index (χ2n) is 4.48. The molecule has 18 heavy (non-hydrogen) atoms. The van der Waals surface area contributed by atoms with Crippen molar-refractivity contribution in [1.29, 1.82) is 0 Å². The summed E-state index contributed by atoms with van der Waals surface area (Å²) in [6, 6.07) is 9.93. The van der Waals surface area contributed by atoms with E-state index in [-0.39, 0.29) is 0 Å². The van der Waals surface area contributed by atoms with E-state index in [0.29, 0.717) is 5.56 Å². The maximum absolute atomic E-state index is 11.1. The van der Waals surface area contributed by atoms with Crippen LogP contribution in [0.15, 0.2) is 36.5 Å². The van der Waals surface area contributed by atoms with Crippen molar-refractivity contribution in [3.63, 3.8) is 0 Å². The number of nitrogens with zero attached hydrogens (tertiary/aromatic N) is 3. The number of hydrogen-bond acceptors (Lipinski definition) is 3. The lowest BCUT2D eigenvalue weighted by Gasteiger charge is -2.19. The van der Waals surface area contributed by atoms with Crippen molar-refractivity contribution in [1.82, 2.24) is 9.78 Å². The molecule has 0 bridgehead atoms. The van der Waals surface area contributed by atoms with Crippen LogP contribution in [0.3, 0.4) is 0 Å². The van der Waals surface area contributed by atoms with Crippen LogP contribution < -0.4 is 4.90 Å². The Morgan fingerprint density at radius 3 is 2.50 bits per heavy atom. The summed E-state index contributed by atoms with van der Waals surface area (Å²) < 4.78 is 1.86. The number of benzene rings is 1. The molecule has 2 heterocycles. The average Bonchev–Trinajstić information content (AvgIpc) is 3.08. The fourth-order valence-corrected chi connectivity index (χ4v) is 2.44. The third kappa shape index (κ3) is 1.79. The van der Waals surface area contributed by atoms with Gasteiger partial charge in [-0.2, -0.15) is 5.10 Å². The number of aldehydes is 1. The lowest BCUT2D eigenvalue weighted by atomic mass is 10.3. The average molecular weight is 241 g/mol. The lowest BCUT2D eigenvalue weighted by Crippen LogP contribution is -2.22. The predicted octanol–water partition coefficient (Wildman–Crippen LogP) is 2.29. The molecule has 1 aromatic carbocycles. The minimum Gasteiger partial charge on any atom is -0.356 e. The van der Waals surface area contributed by atoms with Crippen molar-refractivity contribution >= 4 is 12.1 Å². The van der Waals surface area contributed by atoms with Gasteiger partial charge in [0.2, 0.25) is 0 Å². The number of carbonyl (C=O) groups excluding carboxylic acids is 1. The molecule has 1 aliphatic heterocycles. The van der Waals surface area contributed by atoms with Crippen LogP contribution in [0.1, 0.15) is 23.2 Å². The maximum Gasteiger partial charge on any atom is 0.155 e. The number of hydrogen-bond donors (Lipinski definition) is 0. The van der Waals surface area contributed by atoms with Gasteiger partial charge < -0.3 is 4.90 Å². The number of aromatic nitrogens is 2. The molecule has 0 saturated carbocycles. The summed E-state index contributed by atoms with van der Waals surface area (Å²) in [6.45, 7) is 2.00. The van der Waals surface area contributed by atoms with E-state index < -0.39 is 0 Å². The van der Waals surface area contributed by atoms with E-state index in [0.717, 1.165) is 30.9 Å². The van der Waals surface area contributed by atoms with Crippen molar-refractivity contribution in [2.45, 2.75) is 12.8 Å². The molecule has 1 fully saturated rings. The standard InChI is InChI=1S/C14H15N3O/c18-11-12-10-15-17(13-6-2-1-3-7-13)14(12)16-8-4-5-9-16/h1-3,6-7,10-11H,4-5,8-9H2. The molecule has 0 unspecified atom stereocenters. The maximum atomic E-state index is 11.1. The van der Waals surface area contributed by atoms with Crippen LogP contribution in [0.25, 0.3) is 5.69 Å². The molecule has 0 radical (unpaired) electrons. The van der Waals surface area contributed by atoms with Crippen LogP contribution in [0.5, 0.6) is 0 Å². The van der Waals surface area contributed by atoms with Gasteiger partial charge in [0.25, 0.3) is 0 Å². The summed E-state index contributed by atoms with van der Waals surface area (Å²) in [4.78, 5) is 13.4. The van der Waals surface area contributed by atoms with Gasteiger partial charge in [0.15, 0.2) is 6.29 Å². The molecule has 0 amide bonds. The summed E-state index contributed by atoms with van der Waals surface area (Å²) in [5.74, 6) is 0.925. The topological polar surface area (TPSA) is 38.1 Å². The van der Waals surface area contributed by atoms with Gasteiger partial charge in [0.05, 0.1) is 17.4 Å². The quantitative estimate of drug-likeness (QED) is 0.774. The van der Waals surface area contributed by atoms with Crippen molar-refractivity contribution in [2.75, 3.05) is 18.0 Å².